The number of rotatable bonds is 4. The predicted octanol–water partition coefficient (Wildman–Crippen LogP) is 3.41. The summed E-state index contributed by atoms with van der Waals surface area (Å²) in [7, 11) is 0. The van der Waals surface area contributed by atoms with Crippen LogP contribution in [-0.2, 0) is 6.42 Å². The molecule has 3 aromatic rings. The van der Waals surface area contributed by atoms with E-state index < -0.39 is 0 Å². The Bertz CT molecular complexity index is 1160. The number of aryl methyl sites for hydroxylation is 1. The largest absolute Gasteiger partial charge is 0.470 e. The van der Waals surface area contributed by atoms with Crippen molar-refractivity contribution in [3.05, 3.63) is 65.8 Å². The number of nitrogens with one attached hydrogen (secondary N) is 3. The van der Waals surface area contributed by atoms with Crippen LogP contribution in [0.3, 0.4) is 0 Å². The van der Waals surface area contributed by atoms with Crippen LogP contribution in [-0.4, -0.2) is 16.4 Å². The molecule has 0 aliphatic carbocycles. The minimum atomic E-state index is -0.371. The molecule has 4 heterocycles. The molecule has 8 nitrogen and oxygen atoms in total. The van der Waals surface area contributed by atoms with Gasteiger partial charge in [-0.25, -0.2) is 4.98 Å². The second kappa shape index (κ2) is 6.87. The smallest absolute Gasteiger partial charge is 0.211 e. The second-order valence-corrected chi connectivity index (χ2v) is 6.95. The summed E-state index contributed by atoms with van der Waals surface area (Å²) in [5.41, 5.74) is 4.62. The third-order valence-corrected chi connectivity index (χ3v) is 4.99. The zero-order valence-corrected chi connectivity index (χ0v) is 15.6. The van der Waals surface area contributed by atoms with Crippen molar-refractivity contribution in [1.82, 2.24) is 15.5 Å². The molecule has 0 saturated carbocycles. The summed E-state index contributed by atoms with van der Waals surface area (Å²) in [6.45, 7) is 1.93. The number of ether oxygens (including phenoxy) is 1. The Hall–Kier alpha value is -3.99. The normalized spacial score (nSPS) is 19.7. The Morgan fingerprint density at radius 3 is 3.07 bits per heavy atom. The molecular weight excluding hydrogens is 368 g/mol. The molecule has 2 unspecified atom stereocenters. The number of nitrogens with zero attached hydrogens (tertiary/aromatic N) is 3. The van der Waals surface area contributed by atoms with Crippen molar-refractivity contribution in [3.63, 3.8) is 0 Å². The number of aromatic nitrogens is 2. The van der Waals surface area contributed by atoms with E-state index in [-0.39, 0.29) is 12.1 Å². The maximum Gasteiger partial charge on any atom is 0.211 e. The van der Waals surface area contributed by atoms with Crippen LogP contribution in [0.5, 0.6) is 5.75 Å². The van der Waals surface area contributed by atoms with E-state index in [1.165, 1.54) is 0 Å². The van der Waals surface area contributed by atoms with Crippen LogP contribution in [0.15, 0.2) is 59.2 Å². The van der Waals surface area contributed by atoms with Gasteiger partial charge in [0.25, 0.3) is 0 Å². The molecule has 2 aliphatic rings. The molecule has 2 aliphatic heterocycles. The highest BCUT2D eigenvalue weighted by Gasteiger charge is 2.25. The fraction of sp³-hybridized carbons (Fsp3) is 0.190. The Balaban J connectivity index is 1.43. The Morgan fingerprint density at radius 2 is 2.21 bits per heavy atom. The van der Waals surface area contributed by atoms with Crippen molar-refractivity contribution in [2.75, 3.05) is 10.6 Å². The van der Waals surface area contributed by atoms with Gasteiger partial charge >= 0.3 is 0 Å². The van der Waals surface area contributed by atoms with Gasteiger partial charge in [0.15, 0.2) is 17.6 Å². The number of nitriles is 1. The van der Waals surface area contributed by atoms with Crippen molar-refractivity contribution in [3.8, 4) is 11.8 Å². The molecule has 1 aromatic carbocycles. The number of fused-ring (bicyclic) bond motifs is 2. The number of benzene rings is 1. The van der Waals surface area contributed by atoms with Crippen LogP contribution < -0.4 is 20.7 Å². The fourth-order valence-corrected chi connectivity index (χ4v) is 3.49. The number of allylic oxidation sites excluding steroid dienone is 1. The number of anilines is 2. The van der Waals surface area contributed by atoms with Gasteiger partial charge in [0.1, 0.15) is 11.7 Å². The SMILES string of the molecule is Cc1cnc2c(NC3Cc4ccccc4O3)noc2c1NC1=CNC=CC1C#N. The van der Waals surface area contributed by atoms with E-state index in [1.807, 2.05) is 31.2 Å². The number of hydrogen-bond acceptors (Lipinski definition) is 8. The Morgan fingerprint density at radius 1 is 1.31 bits per heavy atom. The summed E-state index contributed by atoms with van der Waals surface area (Å²) < 4.78 is 11.6. The zero-order valence-electron chi connectivity index (χ0n) is 15.6. The molecule has 144 valence electrons. The average molecular weight is 386 g/mol. The van der Waals surface area contributed by atoms with Crippen molar-refractivity contribution < 1.29 is 9.26 Å². The summed E-state index contributed by atoms with van der Waals surface area (Å²) >= 11 is 0. The Kier molecular flexibility index (Phi) is 4.06. The lowest BCUT2D eigenvalue weighted by atomic mass is 10.1. The van der Waals surface area contributed by atoms with E-state index in [9.17, 15) is 5.26 Å². The van der Waals surface area contributed by atoms with E-state index in [2.05, 4.69) is 32.2 Å². The maximum atomic E-state index is 9.38. The summed E-state index contributed by atoms with van der Waals surface area (Å²) in [4.78, 5) is 4.50. The molecule has 0 saturated heterocycles. The summed E-state index contributed by atoms with van der Waals surface area (Å²) in [5.74, 6) is 1.02. The zero-order chi connectivity index (χ0) is 19.8. The highest BCUT2D eigenvalue weighted by Crippen LogP contribution is 2.34. The van der Waals surface area contributed by atoms with Gasteiger partial charge in [0.05, 0.1) is 17.5 Å². The van der Waals surface area contributed by atoms with E-state index in [0.29, 0.717) is 16.9 Å². The van der Waals surface area contributed by atoms with Gasteiger partial charge < -0.3 is 25.2 Å². The molecule has 0 bridgehead atoms. The minimum absolute atomic E-state index is 0.237. The summed E-state index contributed by atoms with van der Waals surface area (Å²) in [6, 6.07) is 10.2. The van der Waals surface area contributed by atoms with Crippen LogP contribution in [0.25, 0.3) is 11.1 Å². The van der Waals surface area contributed by atoms with Gasteiger partial charge in [-0.15, -0.1) is 0 Å². The van der Waals surface area contributed by atoms with Crippen LogP contribution in [0.1, 0.15) is 11.1 Å². The van der Waals surface area contributed by atoms with Crippen LogP contribution in [0.2, 0.25) is 0 Å². The lowest BCUT2D eigenvalue weighted by molar-refractivity contribution is 0.261. The maximum absolute atomic E-state index is 9.38. The molecule has 8 heteroatoms. The lowest BCUT2D eigenvalue weighted by Gasteiger charge is -2.17. The summed E-state index contributed by atoms with van der Waals surface area (Å²) in [6.07, 6.45) is 7.54. The fourth-order valence-electron chi connectivity index (χ4n) is 3.49. The van der Waals surface area contributed by atoms with Gasteiger partial charge in [-0.05, 0) is 36.4 Å². The standard InChI is InChI=1S/C21H18N6O2/c1-12-10-24-19-20(18(12)25-15-11-23-7-6-14(15)9-22)29-27-21(19)26-17-8-13-4-2-3-5-16(13)28-17/h2-7,10-11,14,17,23H,8H2,1H3,(H,24,25)(H,26,27). The molecule has 5 rings (SSSR count). The molecule has 0 radical (unpaired) electrons. The average Bonchev–Trinajstić information content (AvgIpc) is 3.34. The molecule has 0 amide bonds. The van der Waals surface area contributed by atoms with Crippen molar-refractivity contribution >= 4 is 22.6 Å². The lowest BCUT2D eigenvalue weighted by Crippen LogP contribution is -2.24. The van der Waals surface area contributed by atoms with Crippen LogP contribution in [0, 0.1) is 24.2 Å². The molecule has 29 heavy (non-hydrogen) atoms. The second-order valence-electron chi connectivity index (χ2n) is 6.95. The number of hydrogen-bond donors (Lipinski definition) is 3. The first-order valence-corrected chi connectivity index (χ1v) is 9.28. The van der Waals surface area contributed by atoms with E-state index in [1.54, 1.807) is 24.7 Å². The first-order valence-electron chi connectivity index (χ1n) is 9.28. The van der Waals surface area contributed by atoms with Crippen molar-refractivity contribution in [2.45, 2.75) is 19.6 Å². The highest BCUT2D eigenvalue weighted by molar-refractivity contribution is 5.94. The first-order chi connectivity index (χ1) is 14.2. The topological polar surface area (TPSA) is 108 Å². The predicted molar refractivity (Wildman–Crippen MR) is 108 cm³/mol. The number of dihydropyridines is 1. The van der Waals surface area contributed by atoms with Gasteiger partial charge in [0, 0.05) is 18.8 Å². The van der Waals surface area contributed by atoms with Crippen LogP contribution in [0.4, 0.5) is 11.5 Å². The summed E-state index contributed by atoms with van der Waals surface area (Å²) in [5, 5.41) is 23.1. The van der Waals surface area contributed by atoms with E-state index >= 15 is 0 Å². The van der Waals surface area contributed by atoms with Crippen molar-refractivity contribution in [2.24, 2.45) is 5.92 Å². The third kappa shape index (κ3) is 3.02. The first kappa shape index (κ1) is 17.1. The van der Waals surface area contributed by atoms with Crippen molar-refractivity contribution in [1.29, 1.82) is 5.26 Å². The molecule has 3 N–H and O–H groups in total. The number of para-hydroxylation sites is 1. The molecular formula is C21H18N6O2. The quantitative estimate of drug-likeness (QED) is 0.626. The molecule has 2 aromatic heterocycles. The Labute approximate surface area is 166 Å². The molecule has 2 atom stereocenters. The minimum Gasteiger partial charge on any atom is -0.470 e. The van der Waals surface area contributed by atoms with Gasteiger partial charge in [-0.1, -0.05) is 23.4 Å². The monoisotopic (exact) mass is 386 g/mol. The van der Waals surface area contributed by atoms with Gasteiger partial charge in [0.2, 0.25) is 5.58 Å². The number of pyridine rings is 1. The van der Waals surface area contributed by atoms with Gasteiger partial charge in [-0.3, -0.25) is 0 Å². The highest BCUT2D eigenvalue weighted by atomic mass is 16.5. The third-order valence-electron chi connectivity index (χ3n) is 4.99. The molecule has 0 spiro atoms. The van der Waals surface area contributed by atoms with Crippen LogP contribution >= 0.6 is 0 Å². The van der Waals surface area contributed by atoms with E-state index in [0.717, 1.165) is 34.7 Å². The van der Waals surface area contributed by atoms with Gasteiger partial charge in [-0.2, -0.15) is 5.26 Å². The van der Waals surface area contributed by atoms with E-state index in [4.69, 9.17) is 9.26 Å². The molecule has 0 fully saturated rings.